The fraction of sp³-hybridized carbons (Fsp3) is 0.750. The van der Waals surface area contributed by atoms with E-state index in [2.05, 4.69) is 5.92 Å². The van der Waals surface area contributed by atoms with E-state index in [0.717, 1.165) is 12.8 Å². The van der Waals surface area contributed by atoms with E-state index in [1.165, 1.54) is 12.8 Å². The van der Waals surface area contributed by atoms with E-state index >= 15 is 0 Å². The summed E-state index contributed by atoms with van der Waals surface area (Å²) in [5.41, 5.74) is 5.71. The quantitative estimate of drug-likeness (QED) is 0.480. The predicted molar refractivity (Wildman–Crippen MR) is 38.8 cm³/mol. The van der Waals surface area contributed by atoms with Gasteiger partial charge in [-0.05, 0) is 19.3 Å². The van der Waals surface area contributed by atoms with Gasteiger partial charge in [0.1, 0.15) is 0 Å². The molecule has 0 bridgehead atoms. The van der Waals surface area contributed by atoms with E-state index in [4.69, 9.17) is 12.2 Å². The molecule has 0 amide bonds. The third kappa shape index (κ3) is 1.73. The van der Waals surface area contributed by atoms with Gasteiger partial charge in [0.15, 0.2) is 0 Å². The third-order valence-electron chi connectivity index (χ3n) is 1.95. The Balaban J connectivity index is 2.34. The largest absolute Gasteiger partial charge is 0.328 e. The molecular weight excluding hydrogens is 110 g/mol. The molecule has 1 unspecified atom stereocenters. The Labute approximate surface area is 56.6 Å². The van der Waals surface area contributed by atoms with Crippen LogP contribution in [-0.4, -0.2) is 6.04 Å². The van der Waals surface area contributed by atoms with Crippen molar-refractivity contribution in [3.8, 4) is 12.3 Å². The predicted octanol–water partition coefficient (Wildman–Crippen LogP) is 1.14. The van der Waals surface area contributed by atoms with Gasteiger partial charge in [-0.1, -0.05) is 6.42 Å². The summed E-state index contributed by atoms with van der Waals surface area (Å²) in [6.07, 6.45) is 9.87. The van der Waals surface area contributed by atoms with Crippen molar-refractivity contribution in [2.45, 2.75) is 31.7 Å². The first kappa shape index (κ1) is 6.64. The molecule has 1 fully saturated rings. The molecule has 0 heterocycles. The lowest BCUT2D eigenvalue weighted by Crippen LogP contribution is -2.26. The van der Waals surface area contributed by atoms with Gasteiger partial charge in [0.2, 0.25) is 0 Å². The zero-order chi connectivity index (χ0) is 6.69. The Bertz CT molecular complexity index is 123. The van der Waals surface area contributed by atoms with Gasteiger partial charge in [-0.2, -0.15) is 0 Å². The molecular formula is C8H13N. The van der Waals surface area contributed by atoms with Crippen LogP contribution >= 0.6 is 0 Å². The SMILES string of the molecule is C#CC1CCC[C@H](N)C1. The Hall–Kier alpha value is -0.480. The average molecular weight is 123 g/mol. The van der Waals surface area contributed by atoms with Gasteiger partial charge >= 0.3 is 0 Å². The summed E-state index contributed by atoms with van der Waals surface area (Å²) in [6, 6.07) is 0.375. The topological polar surface area (TPSA) is 26.0 Å². The third-order valence-corrected chi connectivity index (χ3v) is 1.95. The van der Waals surface area contributed by atoms with E-state index < -0.39 is 0 Å². The number of rotatable bonds is 0. The number of nitrogens with two attached hydrogens (primary N) is 1. The molecule has 0 saturated heterocycles. The van der Waals surface area contributed by atoms with Crippen LogP contribution in [0.3, 0.4) is 0 Å². The monoisotopic (exact) mass is 123 g/mol. The molecule has 0 spiro atoms. The van der Waals surface area contributed by atoms with Crippen molar-refractivity contribution in [1.82, 2.24) is 0 Å². The molecule has 1 rings (SSSR count). The summed E-state index contributed by atoms with van der Waals surface area (Å²) in [6.45, 7) is 0. The zero-order valence-electron chi connectivity index (χ0n) is 5.64. The average Bonchev–Trinajstić information content (AvgIpc) is 1.88. The van der Waals surface area contributed by atoms with Crippen molar-refractivity contribution in [2.24, 2.45) is 11.7 Å². The molecule has 0 radical (unpaired) electrons. The lowest BCUT2D eigenvalue weighted by Gasteiger charge is -2.22. The molecule has 1 aliphatic rings. The Kier molecular flexibility index (Phi) is 2.13. The number of terminal acetylenes is 1. The summed E-state index contributed by atoms with van der Waals surface area (Å²) >= 11 is 0. The lowest BCUT2D eigenvalue weighted by atomic mass is 9.87. The molecule has 2 N–H and O–H groups in total. The van der Waals surface area contributed by atoms with Crippen LogP contribution in [0, 0.1) is 18.3 Å². The Morgan fingerprint density at radius 1 is 1.44 bits per heavy atom. The van der Waals surface area contributed by atoms with Gasteiger partial charge in [0.05, 0.1) is 0 Å². The molecule has 1 saturated carbocycles. The highest BCUT2D eigenvalue weighted by molar-refractivity contribution is 4.96. The Morgan fingerprint density at radius 3 is 2.67 bits per heavy atom. The van der Waals surface area contributed by atoms with Gasteiger partial charge < -0.3 is 5.73 Å². The minimum atomic E-state index is 0.375. The van der Waals surface area contributed by atoms with Crippen LogP contribution in [0.4, 0.5) is 0 Å². The van der Waals surface area contributed by atoms with Gasteiger partial charge in [-0.15, -0.1) is 12.3 Å². The van der Waals surface area contributed by atoms with Crippen molar-refractivity contribution in [3.63, 3.8) is 0 Å². The lowest BCUT2D eigenvalue weighted by molar-refractivity contribution is 0.381. The van der Waals surface area contributed by atoms with E-state index in [-0.39, 0.29) is 0 Å². The van der Waals surface area contributed by atoms with Crippen molar-refractivity contribution >= 4 is 0 Å². The molecule has 50 valence electrons. The van der Waals surface area contributed by atoms with E-state index in [1.54, 1.807) is 0 Å². The van der Waals surface area contributed by atoms with Crippen molar-refractivity contribution in [2.75, 3.05) is 0 Å². The van der Waals surface area contributed by atoms with Crippen molar-refractivity contribution in [3.05, 3.63) is 0 Å². The van der Waals surface area contributed by atoms with Crippen LogP contribution in [0.5, 0.6) is 0 Å². The minimum absolute atomic E-state index is 0.375. The maximum absolute atomic E-state index is 5.71. The fourth-order valence-electron chi connectivity index (χ4n) is 1.38. The smallest absolute Gasteiger partial charge is 0.0214 e. The van der Waals surface area contributed by atoms with Crippen LogP contribution in [0.15, 0.2) is 0 Å². The van der Waals surface area contributed by atoms with Crippen LogP contribution in [0.1, 0.15) is 25.7 Å². The first-order valence-electron chi connectivity index (χ1n) is 3.54. The zero-order valence-corrected chi connectivity index (χ0v) is 5.64. The molecule has 1 aliphatic carbocycles. The summed E-state index contributed by atoms with van der Waals surface area (Å²) in [7, 11) is 0. The summed E-state index contributed by atoms with van der Waals surface area (Å²) in [5.74, 6) is 3.22. The fourth-order valence-corrected chi connectivity index (χ4v) is 1.38. The van der Waals surface area contributed by atoms with Crippen LogP contribution in [-0.2, 0) is 0 Å². The summed E-state index contributed by atoms with van der Waals surface area (Å²) in [4.78, 5) is 0. The summed E-state index contributed by atoms with van der Waals surface area (Å²) < 4.78 is 0. The van der Waals surface area contributed by atoms with E-state index in [1.807, 2.05) is 0 Å². The Morgan fingerprint density at radius 2 is 2.22 bits per heavy atom. The molecule has 2 atom stereocenters. The van der Waals surface area contributed by atoms with Crippen molar-refractivity contribution < 1.29 is 0 Å². The number of hydrogen-bond donors (Lipinski definition) is 1. The summed E-state index contributed by atoms with van der Waals surface area (Å²) in [5, 5.41) is 0. The molecule has 9 heavy (non-hydrogen) atoms. The van der Waals surface area contributed by atoms with Crippen LogP contribution in [0.25, 0.3) is 0 Å². The first-order chi connectivity index (χ1) is 4.33. The van der Waals surface area contributed by atoms with Gasteiger partial charge in [0.25, 0.3) is 0 Å². The highest BCUT2D eigenvalue weighted by atomic mass is 14.6. The molecule has 0 aromatic carbocycles. The second-order valence-electron chi connectivity index (χ2n) is 2.79. The highest BCUT2D eigenvalue weighted by Crippen LogP contribution is 2.21. The van der Waals surface area contributed by atoms with E-state index in [9.17, 15) is 0 Å². The van der Waals surface area contributed by atoms with Gasteiger partial charge in [-0.3, -0.25) is 0 Å². The second kappa shape index (κ2) is 2.89. The maximum Gasteiger partial charge on any atom is 0.0214 e. The van der Waals surface area contributed by atoms with Gasteiger partial charge in [-0.25, -0.2) is 0 Å². The van der Waals surface area contributed by atoms with Crippen LogP contribution in [0.2, 0.25) is 0 Å². The number of hydrogen-bond acceptors (Lipinski definition) is 1. The first-order valence-corrected chi connectivity index (χ1v) is 3.54. The minimum Gasteiger partial charge on any atom is -0.328 e. The van der Waals surface area contributed by atoms with Crippen molar-refractivity contribution in [1.29, 1.82) is 0 Å². The van der Waals surface area contributed by atoms with Crippen LogP contribution < -0.4 is 5.73 Å². The highest BCUT2D eigenvalue weighted by Gasteiger charge is 2.16. The molecule has 0 aromatic rings. The molecule has 0 aliphatic heterocycles. The standard InChI is InChI=1S/C8H13N/c1-2-7-4-3-5-8(9)6-7/h1,7-8H,3-6,9H2/t7?,8-/m0/s1. The molecule has 1 nitrogen and oxygen atoms in total. The molecule has 0 aromatic heterocycles. The van der Waals surface area contributed by atoms with Gasteiger partial charge in [0, 0.05) is 12.0 Å². The second-order valence-corrected chi connectivity index (χ2v) is 2.79. The normalized spacial score (nSPS) is 35.6. The molecule has 1 heteroatoms. The van der Waals surface area contributed by atoms with E-state index in [0.29, 0.717) is 12.0 Å². The maximum atomic E-state index is 5.71.